The van der Waals surface area contributed by atoms with Gasteiger partial charge in [0.15, 0.2) is 0 Å². The van der Waals surface area contributed by atoms with E-state index in [0.29, 0.717) is 12.1 Å². The number of carbonyl (C=O) groups is 1. The Kier molecular flexibility index (Phi) is 5.09. The molecule has 0 aliphatic rings. The molecule has 4 heteroatoms. The number of nitrogens with one attached hydrogen (secondary N) is 2. The van der Waals surface area contributed by atoms with Gasteiger partial charge in [-0.15, -0.1) is 0 Å². The fourth-order valence-electron chi connectivity index (χ4n) is 2.60. The third kappa shape index (κ3) is 4.04. The largest absolute Gasteiger partial charge is 0.355 e. The molecule has 2 aromatic carbocycles. The molecule has 4 nitrogen and oxygen atoms in total. The zero-order valence-electron chi connectivity index (χ0n) is 14.4. The smallest absolute Gasteiger partial charge is 0.253 e. The second kappa shape index (κ2) is 7.62. The number of hydrogen-bond donors (Lipinski definition) is 2. The number of pyridine rings is 1. The van der Waals surface area contributed by atoms with Crippen LogP contribution in [0.2, 0.25) is 0 Å². The summed E-state index contributed by atoms with van der Waals surface area (Å²) in [4.78, 5) is 16.7. The maximum atomic E-state index is 12.6. The number of carbonyl (C=O) groups excluding carboxylic acids is 1. The van der Waals surface area contributed by atoms with Gasteiger partial charge >= 0.3 is 0 Å². The van der Waals surface area contributed by atoms with Crippen LogP contribution in [-0.2, 0) is 6.54 Å². The van der Waals surface area contributed by atoms with Gasteiger partial charge in [-0.05, 0) is 54.8 Å². The van der Waals surface area contributed by atoms with Crippen LogP contribution in [0.4, 0.5) is 11.4 Å². The summed E-state index contributed by atoms with van der Waals surface area (Å²) in [5.41, 5.74) is 5.77. The summed E-state index contributed by atoms with van der Waals surface area (Å²) in [6, 6.07) is 17.4. The first-order valence-electron chi connectivity index (χ1n) is 8.24. The number of para-hydroxylation sites is 1. The van der Waals surface area contributed by atoms with E-state index >= 15 is 0 Å². The van der Waals surface area contributed by atoms with Crippen LogP contribution in [0.5, 0.6) is 0 Å². The standard InChI is InChI=1S/C21H21N3O/c1-15-7-5-11-19(16(15)2)24-20-10-4-3-9-18(20)21(25)23-14-17-8-6-12-22-13-17/h3-13,24H,14H2,1-2H3,(H,23,25). The second-order valence-electron chi connectivity index (χ2n) is 5.96. The minimum atomic E-state index is -0.114. The lowest BCUT2D eigenvalue weighted by Gasteiger charge is -2.15. The molecule has 0 aliphatic carbocycles. The summed E-state index contributed by atoms with van der Waals surface area (Å²) in [5.74, 6) is -0.114. The predicted octanol–water partition coefficient (Wildman–Crippen LogP) is 4.37. The van der Waals surface area contributed by atoms with Crippen LogP contribution < -0.4 is 10.6 Å². The molecule has 0 fully saturated rings. The minimum Gasteiger partial charge on any atom is -0.355 e. The molecule has 0 spiro atoms. The van der Waals surface area contributed by atoms with E-state index in [1.54, 1.807) is 12.4 Å². The molecule has 2 N–H and O–H groups in total. The number of aromatic nitrogens is 1. The highest BCUT2D eigenvalue weighted by Gasteiger charge is 2.12. The van der Waals surface area contributed by atoms with Gasteiger partial charge in [0.05, 0.1) is 11.3 Å². The average molecular weight is 331 g/mol. The van der Waals surface area contributed by atoms with Crippen molar-refractivity contribution in [1.82, 2.24) is 10.3 Å². The van der Waals surface area contributed by atoms with Crippen LogP contribution in [0.15, 0.2) is 67.0 Å². The molecule has 0 bridgehead atoms. The van der Waals surface area contributed by atoms with Crippen molar-refractivity contribution in [2.45, 2.75) is 20.4 Å². The Hall–Kier alpha value is -3.14. The Morgan fingerprint density at radius 1 is 0.960 bits per heavy atom. The van der Waals surface area contributed by atoms with E-state index in [2.05, 4.69) is 35.5 Å². The van der Waals surface area contributed by atoms with Gasteiger partial charge < -0.3 is 10.6 Å². The number of rotatable bonds is 5. The molecule has 0 aliphatic heterocycles. The summed E-state index contributed by atoms with van der Waals surface area (Å²) in [6.07, 6.45) is 3.47. The molecule has 25 heavy (non-hydrogen) atoms. The SMILES string of the molecule is Cc1cccc(Nc2ccccc2C(=O)NCc2cccnc2)c1C. The highest BCUT2D eigenvalue weighted by Crippen LogP contribution is 2.25. The molecule has 0 unspecified atom stereocenters. The van der Waals surface area contributed by atoms with Gasteiger partial charge in [0.25, 0.3) is 5.91 Å². The fourth-order valence-corrected chi connectivity index (χ4v) is 2.60. The monoisotopic (exact) mass is 331 g/mol. The van der Waals surface area contributed by atoms with Crippen LogP contribution in [-0.4, -0.2) is 10.9 Å². The molecule has 3 rings (SSSR count). The van der Waals surface area contributed by atoms with Crippen molar-refractivity contribution in [3.63, 3.8) is 0 Å². The summed E-state index contributed by atoms with van der Waals surface area (Å²) in [7, 11) is 0. The van der Waals surface area contributed by atoms with Crippen LogP contribution in [0, 0.1) is 13.8 Å². The Balaban J connectivity index is 1.78. The van der Waals surface area contributed by atoms with Gasteiger partial charge in [-0.1, -0.05) is 30.3 Å². The summed E-state index contributed by atoms with van der Waals surface area (Å²) >= 11 is 0. The number of hydrogen-bond acceptors (Lipinski definition) is 3. The molecule has 0 radical (unpaired) electrons. The normalized spacial score (nSPS) is 10.3. The first-order valence-corrected chi connectivity index (χ1v) is 8.24. The Morgan fingerprint density at radius 3 is 2.56 bits per heavy atom. The quantitative estimate of drug-likeness (QED) is 0.730. The molecule has 1 heterocycles. The lowest BCUT2D eigenvalue weighted by Crippen LogP contribution is -2.23. The highest BCUT2D eigenvalue weighted by molar-refractivity contribution is 6.00. The van der Waals surface area contributed by atoms with Gasteiger partial charge in [0.1, 0.15) is 0 Å². The van der Waals surface area contributed by atoms with Crippen LogP contribution >= 0.6 is 0 Å². The summed E-state index contributed by atoms with van der Waals surface area (Å²) < 4.78 is 0. The van der Waals surface area contributed by atoms with E-state index in [0.717, 1.165) is 16.9 Å². The molecule has 0 saturated carbocycles. The number of benzene rings is 2. The van der Waals surface area contributed by atoms with Crippen molar-refractivity contribution in [2.24, 2.45) is 0 Å². The molecular formula is C21H21N3O. The van der Waals surface area contributed by atoms with Crippen molar-refractivity contribution < 1.29 is 4.79 Å². The van der Waals surface area contributed by atoms with Crippen molar-refractivity contribution in [2.75, 3.05) is 5.32 Å². The number of nitrogens with zero attached hydrogens (tertiary/aromatic N) is 1. The summed E-state index contributed by atoms with van der Waals surface area (Å²) in [5, 5.41) is 6.34. The molecule has 1 amide bonds. The fraction of sp³-hybridized carbons (Fsp3) is 0.143. The number of anilines is 2. The van der Waals surface area contributed by atoms with Crippen LogP contribution in [0.1, 0.15) is 27.0 Å². The van der Waals surface area contributed by atoms with E-state index in [9.17, 15) is 4.79 Å². The van der Waals surface area contributed by atoms with E-state index in [-0.39, 0.29) is 5.91 Å². The van der Waals surface area contributed by atoms with Crippen molar-refractivity contribution in [3.05, 3.63) is 89.2 Å². The third-order valence-electron chi connectivity index (χ3n) is 4.22. The zero-order chi connectivity index (χ0) is 17.6. The lowest BCUT2D eigenvalue weighted by molar-refractivity contribution is 0.0951. The topological polar surface area (TPSA) is 54.0 Å². The summed E-state index contributed by atoms with van der Waals surface area (Å²) in [6.45, 7) is 4.60. The van der Waals surface area contributed by atoms with Gasteiger partial charge in [-0.3, -0.25) is 9.78 Å². The maximum absolute atomic E-state index is 12.6. The Bertz CT molecular complexity index is 875. The zero-order valence-corrected chi connectivity index (χ0v) is 14.4. The predicted molar refractivity (Wildman–Crippen MR) is 101 cm³/mol. The number of aryl methyl sites for hydroxylation is 1. The van der Waals surface area contributed by atoms with Gasteiger partial charge in [0, 0.05) is 24.6 Å². The van der Waals surface area contributed by atoms with Crippen molar-refractivity contribution >= 4 is 17.3 Å². The molecule has 0 atom stereocenters. The Morgan fingerprint density at radius 2 is 1.76 bits per heavy atom. The van der Waals surface area contributed by atoms with Gasteiger partial charge in [0.2, 0.25) is 0 Å². The lowest BCUT2D eigenvalue weighted by atomic mass is 10.1. The van der Waals surface area contributed by atoms with Crippen LogP contribution in [0.25, 0.3) is 0 Å². The first kappa shape index (κ1) is 16.7. The van der Waals surface area contributed by atoms with Crippen molar-refractivity contribution in [1.29, 1.82) is 0 Å². The maximum Gasteiger partial charge on any atom is 0.253 e. The molecule has 126 valence electrons. The average Bonchev–Trinajstić information content (AvgIpc) is 2.65. The Labute approximate surface area is 147 Å². The minimum absolute atomic E-state index is 0.114. The highest BCUT2D eigenvalue weighted by atomic mass is 16.1. The van der Waals surface area contributed by atoms with E-state index in [1.165, 1.54) is 11.1 Å². The van der Waals surface area contributed by atoms with Gasteiger partial charge in [-0.2, -0.15) is 0 Å². The van der Waals surface area contributed by atoms with E-state index in [4.69, 9.17) is 0 Å². The van der Waals surface area contributed by atoms with Crippen LogP contribution in [0.3, 0.4) is 0 Å². The molecule has 1 aromatic heterocycles. The third-order valence-corrected chi connectivity index (χ3v) is 4.22. The molecule has 3 aromatic rings. The first-order chi connectivity index (χ1) is 12.1. The number of amides is 1. The van der Waals surface area contributed by atoms with E-state index in [1.807, 2.05) is 48.5 Å². The van der Waals surface area contributed by atoms with Crippen molar-refractivity contribution in [3.8, 4) is 0 Å². The van der Waals surface area contributed by atoms with Gasteiger partial charge in [-0.25, -0.2) is 0 Å². The molecular weight excluding hydrogens is 310 g/mol. The van der Waals surface area contributed by atoms with E-state index < -0.39 is 0 Å². The second-order valence-corrected chi connectivity index (χ2v) is 5.96. The molecule has 0 saturated heterocycles.